The highest BCUT2D eigenvalue weighted by atomic mass is 16.1. The van der Waals surface area contributed by atoms with Gasteiger partial charge < -0.3 is 0 Å². The molecule has 0 heterocycles. The Hall–Kier alpha value is -1.11. The van der Waals surface area contributed by atoms with Crippen LogP contribution in [0.1, 0.15) is 75.3 Å². The molecule has 2 fully saturated rings. The van der Waals surface area contributed by atoms with Crippen molar-refractivity contribution in [2.75, 3.05) is 0 Å². The zero-order valence-corrected chi connectivity index (χ0v) is 13.3. The topological polar surface area (TPSA) is 17.1 Å². The molecule has 1 aromatic rings. The van der Waals surface area contributed by atoms with E-state index < -0.39 is 0 Å². The molecule has 0 aliphatic heterocycles. The van der Waals surface area contributed by atoms with Gasteiger partial charge in [-0.25, -0.2) is 0 Å². The fourth-order valence-corrected chi connectivity index (χ4v) is 4.38. The number of carbonyl (C=O) groups is 1. The Labute approximate surface area is 129 Å². The van der Waals surface area contributed by atoms with Crippen LogP contribution in [-0.4, -0.2) is 5.78 Å². The molecule has 0 atom stereocenters. The molecule has 0 amide bonds. The van der Waals surface area contributed by atoms with Gasteiger partial charge in [0.15, 0.2) is 0 Å². The van der Waals surface area contributed by atoms with Crippen LogP contribution in [0.15, 0.2) is 24.3 Å². The van der Waals surface area contributed by atoms with Crippen molar-refractivity contribution in [3.05, 3.63) is 35.4 Å². The number of benzene rings is 1. The van der Waals surface area contributed by atoms with Crippen molar-refractivity contribution in [3.8, 4) is 0 Å². The molecular weight excluding hydrogens is 256 g/mol. The van der Waals surface area contributed by atoms with E-state index >= 15 is 0 Å². The van der Waals surface area contributed by atoms with Crippen molar-refractivity contribution in [2.45, 2.75) is 70.6 Å². The number of rotatable bonds is 3. The minimum absolute atomic E-state index is 0.496. The molecule has 21 heavy (non-hydrogen) atoms. The Kier molecular flexibility index (Phi) is 4.77. The van der Waals surface area contributed by atoms with Gasteiger partial charge in [0.2, 0.25) is 0 Å². The number of hydrogen-bond acceptors (Lipinski definition) is 1. The molecule has 0 aromatic heterocycles. The molecule has 1 nitrogen and oxygen atoms in total. The minimum Gasteiger partial charge on any atom is -0.300 e. The SMILES string of the molecule is CCc1ccc(C2CCC(C3CCC(=O)CC3)CC2)cc1. The van der Waals surface area contributed by atoms with Gasteiger partial charge in [0.25, 0.3) is 0 Å². The lowest BCUT2D eigenvalue weighted by Crippen LogP contribution is -2.25. The first-order chi connectivity index (χ1) is 10.3. The predicted octanol–water partition coefficient (Wildman–Crippen LogP) is 5.28. The number of carbonyl (C=O) groups excluding carboxylic acids is 1. The smallest absolute Gasteiger partial charge is 0.132 e. The van der Waals surface area contributed by atoms with Gasteiger partial charge in [-0.15, -0.1) is 0 Å². The summed E-state index contributed by atoms with van der Waals surface area (Å²) in [5.41, 5.74) is 2.99. The van der Waals surface area contributed by atoms with E-state index in [-0.39, 0.29) is 0 Å². The lowest BCUT2D eigenvalue weighted by Gasteiger charge is -2.35. The molecule has 2 aliphatic carbocycles. The monoisotopic (exact) mass is 284 g/mol. The van der Waals surface area contributed by atoms with E-state index in [1.807, 2.05) is 0 Å². The first-order valence-corrected chi connectivity index (χ1v) is 8.86. The summed E-state index contributed by atoms with van der Waals surface area (Å²) >= 11 is 0. The van der Waals surface area contributed by atoms with Crippen molar-refractivity contribution in [1.29, 1.82) is 0 Å². The van der Waals surface area contributed by atoms with Crippen molar-refractivity contribution >= 4 is 5.78 Å². The number of aryl methyl sites for hydroxylation is 1. The van der Waals surface area contributed by atoms with E-state index in [9.17, 15) is 4.79 Å². The van der Waals surface area contributed by atoms with E-state index in [4.69, 9.17) is 0 Å². The third kappa shape index (κ3) is 3.56. The zero-order valence-electron chi connectivity index (χ0n) is 13.3. The van der Waals surface area contributed by atoms with Gasteiger partial charge >= 0.3 is 0 Å². The molecule has 1 heteroatoms. The van der Waals surface area contributed by atoms with Crippen molar-refractivity contribution in [2.24, 2.45) is 11.8 Å². The summed E-state index contributed by atoms with van der Waals surface area (Å²) in [6, 6.07) is 9.30. The Morgan fingerprint density at radius 2 is 1.43 bits per heavy atom. The number of Topliss-reactive ketones (excluding diaryl/α,β-unsaturated/α-hetero) is 1. The lowest BCUT2D eigenvalue weighted by atomic mass is 9.70. The Bertz CT molecular complexity index is 455. The summed E-state index contributed by atoms with van der Waals surface area (Å²) in [6.07, 6.45) is 10.6. The third-order valence-electron chi connectivity index (χ3n) is 5.89. The van der Waals surface area contributed by atoms with Crippen LogP contribution in [-0.2, 0) is 11.2 Å². The molecule has 0 saturated heterocycles. The van der Waals surface area contributed by atoms with Gasteiger partial charge in [-0.3, -0.25) is 4.79 Å². The standard InChI is InChI=1S/C20H28O/c1-2-15-3-5-16(6-4-15)17-7-9-18(10-8-17)19-11-13-20(21)14-12-19/h3-6,17-19H,2,7-14H2,1H3. The van der Waals surface area contributed by atoms with Crippen LogP contribution in [0.3, 0.4) is 0 Å². The van der Waals surface area contributed by atoms with E-state index in [2.05, 4.69) is 31.2 Å². The van der Waals surface area contributed by atoms with Gasteiger partial charge in [0.05, 0.1) is 0 Å². The predicted molar refractivity (Wildman–Crippen MR) is 87.5 cm³/mol. The van der Waals surface area contributed by atoms with Crippen molar-refractivity contribution in [3.63, 3.8) is 0 Å². The van der Waals surface area contributed by atoms with Crippen LogP contribution in [0.2, 0.25) is 0 Å². The maximum atomic E-state index is 11.4. The van der Waals surface area contributed by atoms with Crippen LogP contribution >= 0.6 is 0 Å². The molecule has 2 aliphatic rings. The highest BCUT2D eigenvalue weighted by Gasteiger charge is 2.30. The van der Waals surface area contributed by atoms with Gasteiger partial charge in [-0.1, -0.05) is 31.2 Å². The van der Waals surface area contributed by atoms with E-state index in [0.29, 0.717) is 5.78 Å². The van der Waals surface area contributed by atoms with Crippen LogP contribution in [0.5, 0.6) is 0 Å². The van der Waals surface area contributed by atoms with Gasteiger partial charge in [0, 0.05) is 12.8 Å². The molecule has 2 saturated carbocycles. The van der Waals surface area contributed by atoms with Crippen molar-refractivity contribution in [1.82, 2.24) is 0 Å². The Balaban J connectivity index is 1.53. The highest BCUT2D eigenvalue weighted by molar-refractivity contribution is 5.79. The Morgan fingerprint density at radius 3 is 2.00 bits per heavy atom. The van der Waals surface area contributed by atoms with Crippen LogP contribution in [0, 0.1) is 11.8 Å². The van der Waals surface area contributed by atoms with E-state index in [0.717, 1.165) is 37.0 Å². The Morgan fingerprint density at radius 1 is 0.857 bits per heavy atom. The fourth-order valence-electron chi connectivity index (χ4n) is 4.38. The second-order valence-electron chi connectivity index (χ2n) is 7.08. The molecule has 0 unspecified atom stereocenters. The quantitative estimate of drug-likeness (QED) is 0.737. The maximum absolute atomic E-state index is 11.4. The van der Waals surface area contributed by atoms with Crippen LogP contribution in [0.4, 0.5) is 0 Å². The number of hydrogen-bond donors (Lipinski definition) is 0. The average molecular weight is 284 g/mol. The van der Waals surface area contributed by atoms with Crippen LogP contribution in [0.25, 0.3) is 0 Å². The molecule has 0 N–H and O–H groups in total. The van der Waals surface area contributed by atoms with Gasteiger partial charge in [-0.05, 0) is 73.8 Å². The summed E-state index contributed by atoms with van der Waals surface area (Å²) in [5.74, 6) is 3.00. The van der Waals surface area contributed by atoms with E-state index in [1.165, 1.54) is 44.1 Å². The molecule has 3 rings (SSSR count). The van der Waals surface area contributed by atoms with Crippen LogP contribution < -0.4 is 0 Å². The summed E-state index contributed by atoms with van der Waals surface area (Å²) in [4.78, 5) is 11.4. The highest BCUT2D eigenvalue weighted by Crippen LogP contribution is 2.42. The fraction of sp³-hybridized carbons (Fsp3) is 0.650. The number of ketones is 1. The average Bonchev–Trinajstić information content (AvgIpc) is 2.56. The largest absolute Gasteiger partial charge is 0.300 e. The normalized spacial score (nSPS) is 27.8. The van der Waals surface area contributed by atoms with Gasteiger partial charge in [-0.2, -0.15) is 0 Å². The van der Waals surface area contributed by atoms with Gasteiger partial charge in [0.1, 0.15) is 5.78 Å². The zero-order chi connectivity index (χ0) is 14.7. The first kappa shape index (κ1) is 14.8. The van der Waals surface area contributed by atoms with E-state index in [1.54, 1.807) is 5.56 Å². The summed E-state index contributed by atoms with van der Waals surface area (Å²) in [7, 11) is 0. The third-order valence-corrected chi connectivity index (χ3v) is 5.89. The summed E-state index contributed by atoms with van der Waals surface area (Å²) < 4.78 is 0. The van der Waals surface area contributed by atoms with Crippen molar-refractivity contribution < 1.29 is 4.79 Å². The summed E-state index contributed by atoms with van der Waals surface area (Å²) in [6.45, 7) is 2.22. The second-order valence-corrected chi connectivity index (χ2v) is 7.08. The molecule has 0 radical (unpaired) electrons. The molecule has 0 spiro atoms. The maximum Gasteiger partial charge on any atom is 0.132 e. The second kappa shape index (κ2) is 6.77. The first-order valence-electron chi connectivity index (χ1n) is 8.86. The molecular formula is C20H28O. The molecule has 0 bridgehead atoms. The lowest BCUT2D eigenvalue weighted by molar-refractivity contribution is -0.121. The minimum atomic E-state index is 0.496. The summed E-state index contributed by atoms with van der Waals surface area (Å²) in [5, 5.41) is 0. The molecule has 114 valence electrons. The molecule has 1 aromatic carbocycles.